The Morgan fingerprint density at radius 3 is 2.93 bits per heavy atom. The smallest absolute Gasteiger partial charge is 0.222 e. The lowest BCUT2D eigenvalue weighted by Gasteiger charge is -2.14. The van der Waals surface area contributed by atoms with Crippen molar-refractivity contribution in [2.24, 2.45) is 4.99 Å². The van der Waals surface area contributed by atoms with E-state index in [0.29, 0.717) is 12.5 Å². The number of aliphatic imine (C=N–C) groups is 1. The Labute approximate surface area is 179 Å². The number of ether oxygens (including phenoxy) is 1. The molecule has 1 aromatic carbocycles. The standard InChI is InChI=1S/C21H22ClN5OS/c22-16-8-6-15(7-9-16)4-2-13-28-19-17(5-1-10-23-19)18-14-29-21(26-18)27-20-24-11-3-12-25-20/h1,5-10,14H,2-4,11-13H2,(H2,24,25,26,27). The maximum Gasteiger partial charge on any atom is 0.222 e. The highest BCUT2D eigenvalue weighted by atomic mass is 35.5. The van der Waals surface area contributed by atoms with E-state index >= 15 is 0 Å². The second-order valence-corrected chi connectivity index (χ2v) is 7.90. The third-order valence-electron chi connectivity index (χ3n) is 4.44. The van der Waals surface area contributed by atoms with E-state index in [1.165, 1.54) is 16.9 Å². The van der Waals surface area contributed by atoms with Crippen LogP contribution in [0.25, 0.3) is 11.3 Å². The van der Waals surface area contributed by atoms with Gasteiger partial charge in [0.1, 0.15) is 0 Å². The molecule has 2 aromatic heterocycles. The first-order valence-electron chi connectivity index (χ1n) is 9.61. The van der Waals surface area contributed by atoms with Crippen molar-refractivity contribution >= 4 is 34.0 Å². The van der Waals surface area contributed by atoms with Gasteiger partial charge in [0.15, 0.2) is 11.1 Å². The molecule has 0 saturated heterocycles. The van der Waals surface area contributed by atoms with Crippen LogP contribution in [0.4, 0.5) is 5.13 Å². The van der Waals surface area contributed by atoms with Gasteiger partial charge in [-0.1, -0.05) is 23.7 Å². The predicted octanol–water partition coefficient (Wildman–Crippen LogP) is 4.63. The second-order valence-electron chi connectivity index (χ2n) is 6.61. The van der Waals surface area contributed by atoms with Gasteiger partial charge in [-0.25, -0.2) is 9.97 Å². The number of benzene rings is 1. The molecule has 0 radical (unpaired) electrons. The van der Waals surface area contributed by atoms with Gasteiger partial charge in [0, 0.05) is 29.7 Å². The van der Waals surface area contributed by atoms with E-state index in [-0.39, 0.29) is 0 Å². The van der Waals surface area contributed by atoms with E-state index in [9.17, 15) is 0 Å². The lowest BCUT2D eigenvalue weighted by molar-refractivity contribution is 0.300. The fourth-order valence-corrected chi connectivity index (χ4v) is 3.81. The lowest BCUT2D eigenvalue weighted by atomic mass is 10.1. The molecule has 0 aliphatic carbocycles. The molecule has 4 rings (SSSR count). The Bertz CT molecular complexity index is 973. The van der Waals surface area contributed by atoms with Gasteiger partial charge in [0.25, 0.3) is 0 Å². The number of hydrogen-bond donors (Lipinski definition) is 2. The Kier molecular flexibility index (Phi) is 6.59. The van der Waals surface area contributed by atoms with Crippen molar-refractivity contribution in [3.05, 3.63) is 58.6 Å². The largest absolute Gasteiger partial charge is 0.477 e. The number of aryl methyl sites for hydroxylation is 1. The molecule has 3 heterocycles. The van der Waals surface area contributed by atoms with Crippen molar-refractivity contribution in [3.8, 4) is 17.1 Å². The van der Waals surface area contributed by atoms with E-state index in [0.717, 1.165) is 59.7 Å². The normalized spacial score (nSPS) is 13.5. The minimum atomic E-state index is 0.586. The molecule has 2 N–H and O–H groups in total. The maximum atomic E-state index is 5.97. The van der Waals surface area contributed by atoms with Crippen LogP contribution in [0.2, 0.25) is 5.02 Å². The van der Waals surface area contributed by atoms with Gasteiger partial charge >= 0.3 is 0 Å². The average Bonchev–Trinajstić information content (AvgIpc) is 3.22. The van der Waals surface area contributed by atoms with Gasteiger partial charge < -0.3 is 15.4 Å². The van der Waals surface area contributed by atoms with Crippen molar-refractivity contribution in [2.75, 3.05) is 25.0 Å². The lowest BCUT2D eigenvalue weighted by Crippen LogP contribution is -2.35. The molecule has 0 spiro atoms. The van der Waals surface area contributed by atoms with Crippen LogP contribution in [0.3, 0.4) is 0 Å². The fraction of sp³-hybridized carbons (Fsp3) is 0.286. The number of hydrogen-bond acceptors (Lipinski definition) is 7. The first-order chi connectivity index (χ1) is 14.3. The van der Waals surface area contributed by atoms with Gasteiger partial charge in [-0.2, -0.15) is 0 Å². The average molecular weight is 428 g/mol. The van der Waals surface area contributed by atoms with Crippen molar-refractivity contribution in [2.45, 2.75) is 19.3 Å². The summed E-state index contributed by atoms with van der Waals surface area (Å²) < 4.78 is 5.97. The number of pyridine rings is 1. The summed E-state index contributed by atoms with van der Waals surface area (Å²) in [6, 6.07) is 11.8. The number of nitrogens with one attached hydrogen (secondary N) is 2. The van der Waals surface area contributed by atoms with Crippen molar-refractivity contribution in [3.63, 3.8) is 0 Å². The van der Waals surface area contributed by atoms with Crippen molar-refractivity contribution < 1.29 is 4.74 Å². The molecule has 0 fully saturated rings. The van der Waals surface area contributed by atoms with Gasteiger partial charge in [-0.15, -0.1) is 11.3 Å². The van der Waals surface area contributed by atoms with Crippen molar-refractivity contribution in [1.29, 1.82) is 0 Å². The van der Waals surface area contributed by atoms with Crippen LogP contribution in [0, 0.1) is 0 Å². The van der Waals surface area contributed by atoms with Crippen LogP contribution in [-0.2, 0) is 6.42 Å². The number of thiazole rings is 1. The molecule has 8 heteroatoms. The second kappa shape index (κ2) is 9.71. The van der Waals surface area contributed by atoms with Gasteiger partial charge in [-0.05, 0) is 49.1 Å². The Morgan fingerprint density at radius 1 is 1.21 bits per heavy atom. The number of guanidine groups is 1. The first-order valence-corrected chi connectivity index (χ1v) is 10.9. The first kappa shape index (κ1) is 19.7. The van der Waals surface area contributed by atoms with E-state index in [1.54, 1.807) is 6.20 Å². The number of nitrogens with zero attached hydrogens (tertiary/aromatic N) is 3. The molecule has 0 unspecified atom stereocenters. The molecule has 0 saturated carbocycles. The predicted molar refractivity (Wildman–Crippen MR) is 119 cm³/mol. The van der Waals surface area contributed by atoms with Crippen LogP contribution in [0.5, 0.6) is 5.88 Å². The monoisotopic (exact) mass is 427 g/mol. The number of anilines is 1. The quantitative estimate of drug-likeness (QED) is 0.538. The van der Waals surface area contributed by atoms with Gasteiger partial charge in [-0.3, -0.25) is 4.99 Å². The van der Waals surface area contributed by atoms with Crippen LogP contribution in [0.15, 0.2) is 53.0 Å². The third-order valence-corrected chi connectivity index (χ3v) is 5.45. The van der Waals surface area contributed by atoms with Crippen LogP contribution in [0.1, 0.15) is 18.4 Å². The highest BCUT2D eigenvalue weighted by Crippen LogP contribution is 2.30. The highest BCUT2D eigenvalue weighted by Gasteiger charge is 2.13. The van der Waals surface area contributed by atoms with Gasteiger partial charge in [0.2, 0.25) is 5.88 Å². The molecule has 1 aliphatic rings. The van der Waals surface area contributed by atoms with Crippen LogP contribution >= 0.6 is 22.9 Å². The van der Waals surface area contributed by atoms with E-state index in [1.807, 2.05) is 41.8 Å². The number of halogens is 1. The summed E-state index contributed by atoms with van der Waals surface area (Å²) >= 11 is 7.47. The summed E-state index contributed by atoms with van der Waals surface area (Å²) in [5.74, 6) is 1.38. The minimum Gasteiger partial charge on any atom is -0.477 e. The fourth-order valence-electron chi connectivity index (χ4n) is 2.97. The zero-order valence-corrected chi connectivity index (χ0v) is 17.5. The summed E-state index contributed by atoms with van der Waals surface area (Å²) in [6.45, 7) is 2.35. The summed E-state index contributed by atoms with van der Waals surface area (Å²) in [5.41, 5.74) is 2.98. The maximum absolute atomic E-state index is 5.97. The molecule has 29 heavy (non-hydrogen) atoms. The molecular weight excluding hydrogens is 406 g/mol. The Balaban J connectivity index is 1.36. The molecule has 0 atom stereocenters. The molecular formula is C21H22ClN5OS. The molecule has 3 aromatic rings. The topological polar surface area (TPSA) is 71.4 Å². The summed E-state index contributed by atoms with van der Waals surface area (Å²) in [6.07, 6.45) is 4.62. The van der Waals surface area contributed by atoms with E-state index in [4.69, 9.17) is 16.3 Å². The Morgan fingerprint density at radius 2 is 2.10 bits per heavy atom. The van der Waals surface area contributed by atoms with Gasteiger partial charge in [0.05, 0.1) is 17.9 Å². The summed E-state index contributed by atoms with van der Waals surface area (Å²) in [5, 5.41) is 10.0. The molecule has 0 bridgehead atoms. The molecule has 0 amide bonds. The molecule has 150 valence electrons. The van der Waals surface area contributed by atoms with Crippen LogP contribution < -0.4 is 15.4 Å². The Hall–Kier alpha value is -2.64. The molecule has 1 aliphatic heterocycles. The zero-order valence-electron chi connectivity index (χ0n) is 15.9. The summed E-state index contributed by atoms with van der Waals surface area (Å²) in [4.78, 5) is 13.5. The van der Waals surface area contributed by atoms with E-state index in [2.05, 4.69) is 25.6 Å². The van der Waals surface area contributed by atoms with Crippen LogP contribution in [-0.4, -0.2) is 35.6 Å². The SMILES string of the molecule is Clc1ccc(CCCOc2ncccc2-c2csc(NC3=NCCCN3)n2)cc1. The summed E-state index contributed by atoms with van der Waals surface area (Å²) in [7, 11) is 0. The minimum absolute atomic E-state index is 0.586. The number of rotatable bonds is 7. The highest BCUT2D eigenvalue weighted by molar-refractivity contribution is 7.14. The third kappa shape index (κ3) is 5.46. The van der Waals surface area contributed by atoms with E-state index < -0.39 is 0 Å². The molecule has 6 nitrogen and oxygen atoms in total. The zero-order chi connectivity index (χ0) is 19.9. The van der Waals surface area contributed by atoms with Crippen molar-refractivity contribution in [1.82, 2.24) is 15.3 Å². The number of aromatic nitrogens is 2.